The molecule has 8 heteroatoms. The molecule has 0 atom stereocenters. The average molecular weight is 461 g/mol. The molecular weight excluding hydrogens is 449 g/mol. The lowest BCUT2D eigenvalue weighted by molar-refractivity contribution is 0.966. The quantitative estimate of drug-likeness (QED) is 0.278. The SMILES string of the molecule is c1ccc2nc(Sc3nc4ccccc4s3)c(Sc3nc4ccccc4s3)nc2c1. The van der Waals surface area contributed by atoms with Gasteiger partial charge < -0.3 is 0 Å². The average Bonchev–Trinajstić information content (AvgIpc) is 3.36. The van der Waals surface area contributed by atoms with E-state index in [0.29, 0.717) is 0 Å². The van der Waals surface area contributed by atoms with Crippen molar-refractivity contribution in [3.63, 3.8) is 0 Å². The Morgan fingerprint density at radius 1 is 0.467 bits per heavy atom. The summed E-state index contributed by atoms with van der Waals surface area (Å²) in [6.07, 6.45) is 0. The standard InChI is InChI=1S/C22H12N4S4/c1-2-8-14-13(7-1)23-19(29-21-25-15-9-3-5-11-17(15)27-21)20(24-14)30-22-26-16-10-4-6-12-18(16)28-22/h1-12H. The first-order valence-electron chi connectivity index (χ1n) is 9.15. The van der Waals surface area contributed by atoms with Gasteiger partial charge in [-0.05, 0) is 59.9 Å². The molecule has 0 amide bonds. The summed E-state index contributed by atoms with van der Waals surface area (Å²) in [5.41, 5.74) is 3.79. The third kappa shape index (κ3) is 3.45. The van der Waals surface area contributed by atoms with E-state index in [1.165, 1.54) is 9.40 Å². The molecule has 0 spiro atoms. The predicted molar refractivity (Wildman–Crippen MR) is 127 cm³/mol. The molecule has 0 bridgehead atoms. The van der Waals surface area contributed by atoms with Crippen molar-refractivity contribution in [1.82, 2.24) is 19.9 Å². The third-order valence-corrected chi connectivity index (χ3v) is 8.70. The molecular formula is C22H12N4S4. The minimum absolute atomic E-state index is 0.858. The Labute approximate surface area is 188 Å². The Morgan fingerprint density at radius 2 is 0.867 bits per heavy atom. The Bertz CT molecular complexity index is 1340. The second kappa shape index (κ2) is 7.63. The molecule has 144 valence electrons. The number of rotatable bonds is 4. The molecule has 3 heterocycles. The van der Waals surface area contributed by atoms with E-state index in [-0.39, 0.29) is 0 Å². The van der Waals surface area contributed by atoms with Gasteiger partial charge >= 0.3 is 0 Å². The van der Waals surface area contributed by atoms with Crippen LogP contribution in [-0.4, -0.2) is 19.9 Å². The fraction of sp³-hybridized carbons (Fsp3) is 0. The summed E-state index contributed by atoms with van der Waals surface area (Å²) in [6.45, 7) is 0. The molecule has 3 aromatic carbocycles. The van der Waals surface area contributed by atoms with E-state index in [2.05, 4.69) is 12.1 Å². The predicted octanol–water partition coefficient (Wildman–Crippen LogP) is 7.15. The van der Waals surface area contributed by atoms with Gasteiger partial charge in [-0.25, -0.2) is 19.9 Å². The summed E-state index contributed by atoms with van der Waals surface area (Å²) in [6, 6.07) is 24.4. The van der Waals surface area contributed by atoms with Gasteiger partial charge in [-0.2, -0.15) is 0 Å². The van der Waals surface area contributed by atoms with Gasteiger partial charge in [-0.3, -0.25) is 0 Å². The molecule has 6 aromatic rings. The molecule has 3 aromatic heterocycles. The van der Waals surface area contributed by atoms with Crippen molar-refractivity contribution in [2.75, 3.05) is 0 Å². The summed E-state index contributed by atoms with van der Waals surface area (Å²) < 4.78 is 4.28. The maximum Gasteiger partial charge on any atom is 0.157 e. The van der Waals surface area contributed by atoms with Crippen LogP contribution in [0.1, 0.15) is 0 Å². The topological polar surface area (TPSA) is 51.6 Å². The van der Waals surface area contributed by atoms with Crippen molar-refractivity contribution in [2.45, 2.75) is 18.7 Å². The van der Waals surface area contributed by atoms with E-state index >= 15 is 0 Å². The highest BCUT2D eigenvalue weighted by atomic mass is 32.2. The highest BCUT2D eigenvalue weighted by Crippen LogP contribution is 2.41. The zero-order valence-corrected chi connectivity index (χ0v) is 18.6. The van der Waals surface area contributed by atoms with Crippen LogP contribution in [0.15, 0.2) is 91.5 Å². The minimum Gasteiger partial charge on any atom is -0.236 e. The molecule has 0 aliphatic rings. The molecule has 30 heavy (non-hydrogen) atoms. The monoisotopic (exact) mass is 460 g/mol. The normalized spacial score (nSPS) is 11.6. The van der Waals surface area contributed by atoms with Crippen LogP contribution in [0.4, 0.5) is 0 Å². The van der Waals surface area contributed by atoms with Crippen LogP contribution >= 0.6 is 46.2 Å². The van der Waals surface area contributed by atoms with Crippen molar-refractivity contribution in [1.29, 1.82) is 0 Å². The van der Waals surface area contributed by atoms with E-state index in [0.717, 1.165) is 40.8 Å². The molecule has 6 rings (SSSR count). The number of aromatic nitrogens is 4. The molecule has 0 fully saturated rings. The Morgan fingerprint density at radius 3 is 1.30 bits per heavy atom. The fourth-order valence-corrected chi connectivity index (χ4v) is 7.22. The van der Waals surface area contributed by atoms with Gasteiger partial charge in [-0.1, -0.05) is 36.4 Å². The Kier molecular flexibility index (Phi) is 4.64. The summed E-state index contributed by atoms with van der Waals surface area (Å²) in [5.74, 6) is 0. The first-order valence-corrected chi connectivity index (χ1v) is 12.4. The van der Waals surface area contributed by atoms with Crippen LogP contribution in [0.2, 0.25) is 0 Å². The summed E-state index contributed by atoms with van der Waals surface area (Å²) in [5, 5.41) is 1.72. The van der Waals surface area contributed by atoms with Gasteiger partial charge in [0.15, 0.2) is 8.68 Å². The van der Waals surface area contributed by atoms with Crippen molar-refractivity contribution in [3.8, 4) is 0 Å². The van der Waals surface area contributed by atoms with Gasteiger partial charge in [0.05, 0.1) is 31.5 Å². The number of benzene rings is 3. The van der Waals surface area contributed by atoms with Crippen LogP contribution in [0.5, 0.6) is 0 Å². The van der Waals surface area contributed by atoms with Gasteiger partial charge in [0.25, 0.3) is 0 Å². The fourth-order valence-electron chi connectivity index (χ4n) is 3.06. The largest absolute Gasteiger partial charge is 0.236 e. The minimum atomic E-state index is 0.858. The molecule has 0 saturated heterocycles. The van der Waals surface area contributed by atoms with Gasteiger partial charge in [-0.15, -0.1) is 22.7 Å². The van der Waals surface area contributed by atoms with Crippen LogP contribution in [0.3, 0.4) is 0 Å². The van der Waals surface area contributed by atoms with Gasteiger partial charge in [0.1, 0.15) is 10.1 Å². The number of para-hydroxylation sites is 4. The van der Waals surface area contributed by atoms with E-state index in [1.807, 2.05) is 60.7 Å². The van der Waals surface area contributed by atoms with Crippen LogP contribution in [-0.2, 0) is 0 Å². The maximum absolute atomic E-state index is 4.91. The molecule has 4 nitrogen and oxygen atoms in total. The molecule has 0 aliphatic heterocycles. The van der Waals surface area contributed by atoms with Crippen molar-refractivity contribution < 1.29 is 0 Å². The molecule has 0 saturated carbocycles. The second-order valence-electron chi connectivity index (χ2n) is 6.42. The van der Waals surface area contributed by atoms with Crippen LogP contribution < -0.4 is 0 Å². The van der Waals surface area contributed by atoms with Crippen molar-refractivity contribution in [2.24, 2.45) is 0 Å². The van der Waals surface area contributed by atoms with E-state index in [1.54, 1.807) is 46.2 Å². The lowest BCUT2D eigenvalue weighted by Gasteiger charge is -2.06. The third-order valence-electron chi connectivity index (χ3n) is 4.43. The highest BCUT2D eigenvalue weighted by Gasteiger charge is 2.16. The first-order chi connectivity index (χ1) is 14.8. The number of hydrogen-bond acceptors (Lipinski definition) is 8. The smallest absolute Gasteiger partial charge is 0.157 e. The zero-order valence-electron chi connectivity index (χ0n) is 15.4. The van der Waals surface area contributed by atoms with Crippen molar-refractivity contribution >= 4 is 77.7 Å². The summed E-state index contributed by atoms with van der Waals surface area (Å²) >= 11 is 6.50. The Balaban J connectivity index is 1.44. The van der Waals surface area contributed by atoms with Gasteiger partial charge in [0.2, 0.25) is 0 Å². The van der Waals surface area contributed by atoms with E-state index in [9.17, 15) is 0 Å². The van der Waals surface area contributed by atoms with Gasteiger partial charge in [0, 0.05) is 0 Å². The van der Waals surface area contributed by atoms with Crippen LogP contribution in [0.25, 0.3) is 31.5 Å². The second-order valence-corrected chi connectivity index (χ2v) is 11.0. The lowest BCUT2D eigenvalue weighted by atomic mass is 10.3. The molecule has 0 N–H and O–H groups in total. The van der Waals surface area contributed by atoms with Crippen LogP contribution in [0, 0.1) is 0 Å². The van der Waals surface area contributed by atoms with E-state index in [4.69, 9.17) is 19.9 Å². The number of nitrogens with zero attached hydrogens (tertiary/aromatic N) is 4. The van der Waals surface area contributed by atoms with E-state index < -0.39 is 0 Å². The first kappa shape index (κ1) is 18.3. The maximum atomic E-state index is 4.91. The molecule has 0 radical (unpaired) electrons. The molecule has 0 unspecified atom stereocenters. The highest BCUT2D eigenvalue weighted by molar-refractivity contribution is 8.04. The Hall–Kier alpha value is -2.52. The summed E-state index contributed by atoms with van der Waals surface area (Å²) in [4.78, 5) is 19.4. The number of fused-ring (bicyclic) bond motifs is 3. The lowest BCUT2D eigenvalue weighted by Crippen LogP contribution is -1.92. The van der Waals surface area contributed by atoms with Crippen molar-refractivity contribution in [3.05, 3.63) is 72.8 Å². The number of hydrogen-bond donors (Lipinski definition) is 0. The molecule has 0 aliphatic carbocycles. The summed E-state index contributed by atoms with van der Waals surface area (Å²) in [7, 11) is 0. The zero-order chi connectivity index (χ0) is 19.9. The number of thiazole rings is 2.